The maximum Gasteiger partial charge on any atom is 0.287 e. The summed E-state index contributed by atoms with van der Waals surface area (Å²) >= 11 is 0. The van der Waals surface area contributed by atoms with Gasteiger partial charge in [0, 0.05) is 29.4 Å². The quantitative estimate of drug-likeness (QED) is 0.701. The number of nitrogens with one attached hydrogen (secondary N) is 2. The number of rotatable bonds is 5. The molecular weight excluding hydrogens is 312 g/mol. The van der Waals surface area contributed by atoms with Gasteiger partial charge in [-0.3, -0.25) is 4.79 Å². The van der Waals surface area contributed by atoms with Crippen molar-refractivity contribution in [3.05, 3.63) is 47.7 Å². The third kappa shape index (κ3) is 3.33. The third-order valence-electron chi connectivity index (χ3n) is 3.87. The van der Waals surface area contributed by atoms with Crippen molar-refractivity contribution >= 4 is 40.1 Å². The summed E-state index contributed by atoms with van der Waals surface area (Å²) in [6.45, 7) is 6.20. The molecule has 23 heavy (non-hydrogen) atoms. The van der Waals surface area contributed by atoms with Gasteiger partial charge < -0.3 is 15.1 Å². The van der Waals surface area contributed by atoms with E-state index in [9.17, 15) is 4.79 Å². The van der Waals surface area contributed by atoms with E-state index in [1.807, 2.05) is 44.2 Å². The number of hydrogen-bond donors (Lipinski definition) is 2. The van der Waals surface area contributed by atoms with Crippen molar-refractivity contribution in [2.24, 2.45) is 0 Å². The molecule has 1 heterocycles. The van der Waals surface area contributed by atoms with Crippen molar-refractivity contribution in [2.75, 3.05) is 19.6 Å². The lowest BCUT2D eigenvalue weighted by molar-refractivity contribution is 0.0927. The monoisotopic (exact) mass is 332 g/mol. The zero-order chi connectivity index (χ0) is 15.5. The van der Waals surface area contributed by atoms with Crippen LogP contribution in [-0.4, -0.2) is 25.5 Å². The Morgan fingerprint density at radius 1 is 1.09 bits per heavy atom. The van der Waals surface area contributed by atoms with E-state index < -0.39 is 0 Å². The molecule has 0 fully saturated rings. The first-order chi connectivity index (χ1) is 10.7. The van der Waals surface area contributed by atoms with Gasteiger partial charge in [0.2, 0.25) is 0 Å². The first-order valence-corrected chi connectivity index (χ1v) is 7.62. The Morgan fingerprint density at radius 3 is 2.65 bits per heavy atom. The van der Waals surface area contributed by atoms with Gasteiger partial charge in [-0.2, -0.15) is 0 Å². The number of likely N-dealkylation sites (N-methyl/N-ethyl adjacent to an activating group) is 1. The van der Waals surface area contributed by atoms with Gasteiger partial charge in [-0.05, 0) is 18.9 Å². The minimum absolute atomic E-state index is 0. The minimum Gasteiger partial charge on any atom is -0.450 e. The number of fused-ring (bicyclic) bond motifs is 3. The summed E-state index contributed by atoms with van der Waals surface area (Å²) in [6, 6.07) is 12.1. The summed E-state index contributed by atoms with van der Waals surface area (Å²) in [7, 11) is 0. The van der Waals surface area contributed by atoms with E-state index in [0.29, 0.717) is 12.3 Å². The molecular formula is C18H21ClN2O2. The first kappa shape index (κ1) is 17.3. The normalized spacial score (nSPS) is 10.7. The van der Waals surface area contributed by atoms with Crippen molar-refractivity contribution in [1.82, 2.24) is 10.6 Å². The fourth-order valence-corrected chi connectivity index (χ4v) is 2.69. The second-order valence-corrected chi connectivity index (χ2v) is 5.33. The molecule has 1 aromatic heterocycles. The Bertz CT molecular complexity index is 826. The molecule has 2 aromatic carbocycles. The van der Waals surface area contributed by atoms with E-state index in [1.54, 1.807) is 0 Å². The van der Waals surface area contributed by atoms with Gasteiger partial charge in [0.05, 0.1) is 0 Å². The van der Waals surface area contributed by atoms with Crippen LogP contribution in [0.3, 0.4) is 0 Å². The summed E-state index contributed by atoms with van der Waals surface area (Å²) in [6.07, 6.45) is 0. The highest BCUT2D eigenvalue weighted by Crippen LogP contribution is 2.31. The van der Waals surface area contributed by atoms with E-state index in [1.165, 1.54) is 0 Å². The SMILES string of the molecule is CCNCCNC(=O)c1oc2c(ccc3ccccc32)c1C.Cl. The predicted molar refractivity (Wildman–Crippen MR) is 96.6 cm³/mol. The number of hydrogen-bond acceptors (Lipinski definition) is 3. The van der Waals surface area contributed by atoms with Gasteiger partial charge in [-0.25, -0.2) is 0 Å². The standard InChI is InChI=1S/C18H20N2O2.ClH/c1-3-19-10-11-20-18(21)16-12(2)14-9-8-13-6-4-5-7-15(13)17(14)22-16;/h4-9,19H,3,10-11H2,1-2H3,(H,20,21);1H. The molecule has 0 saturated heterocycles. The van der Waals surface area contributed by atoms with Gasteiger partial charge in [-0.15, -0.1) is 12.4 Å². The van der Waals surface area contributed by atoms with Crippen molar-refractivity contribution in [2.45, 2.75) is 13.8 Å². The van der Waals surface area contributed by atoms with E-state index in [-0.39, 0.29) is 18.3 Å². The summed E-state index contributed by atoms with van der Waals surface area (Å²) in [4.78, 5) is 12.3. The Morgan fingerprint density at radius 2 is 1.87 bits per heavy atom. The van der Waals surface area contributed by atoms with E-state index >= 15 is 0 Å². The van der Waals surface area contributed by atoms with E-state index in [4.69, 9.17) is 4.42 Å². The molecule has 0 spiro atoms. The van der Waals surface area contributed by atoms with Crippen LogP contribution >= 0.6 is 12.4 Å². The maximum absolute atomic E-state index is 12.3. The average Bonchev–Trinajstić information content (AvgIpc) is 2.89. The number of halogens is 1. The third-order valence-corrected chi connectivity index (χ3v) is 3.87. The maximum atomic E-state index is 12.3. The average molecular weight is 333 g/mol. The Balaban J connectivity index is 0.00000192. The van der Waals surface area contributed by atoms with Crippen LogP contribution in [0.25, 0.3) is 21.7 Å². The molecule has 0 aliphatic rings. The highest BCUT2D eigenvalue weighted by atomic mass is 35.5. The Labute approximate surface area is 141 Å². The molecule has 0 saturated carbocycles. The number of carbonyl (C=O) groups is 1. The lowest BCUT2D eigenvalue weighted by Crippen LogP contribution is -2.31. The summed E-state index contributed by atoms with van der Waals surface area (Å²) in [5, 5.41) is 9.21. The van der Waals surface area contributed by atoms with Crippen LogP contribution in [-0.2, 0) is 0 Å². The summed E-state index contributed by atoms with van der Waals surface area (Å²) in [5.41, 5.74) is 1.68. The molecule has 3 aromatic rings. The van der Waals surface area contributed by atoms with E-state index in [0.717, 1.165) is 40.4 Å². The molecule has 3 rings (SSSR count). The number of aryl methyl sites for hydroxylation is 1. The largest absolute Gasteiger partial charge is 0.450 e. The molecule has 0 unspecified atom stereocenters. The van der Waals surface area contributed by atoms with Crippen LogP contribution in [0.4, 0.5) is 0 Å². The number of amides is 1. The van der Waals surface area contributed by atoms with Crippen molar-refractivity contribution in [3.8, 4) is 0 Å². The molecule has 1 amide bonds. The van der Waals surface area contributed by atoms with Crippen LogP contribution in [0.1, 0.15) is 23.0 Å². The topological polar surface area (TPSA) is 54.3 Å². The minimum atomic E-state index is -0.157. The highest BCUT2D eigenvalue weighted by molar-refractivity contribution is 6.08. The zero-order valence-corrected chi connectivity index (χ0v) is 14.1. The molecule has 0 atom stereocenters. The van der Waals surface area contributed by atoms with Crippen molar-refractivity contribution in [1.29, 1.82) is 0 Å². The van der Waals surface area contributed by atoms with Gasteiger partial charge in [0.1, 0.15) is 5.58 Å². The molecule has 5 heteroatoms. The number of benzene rings is 2. The number of carbonyl (C=O) groups excluding carboxylic acids is 1. The molecule has 4 nitrogen and oxygen atoms in total. The second-order valence-electron chi connectivity index (χ2n) is 5.33. The zero-order valence-electron chi connectivity index (χ0n) is 13.3. The Kier molecular flexibility index (Phi) is 5.64. The molecule has 0 radical (unpaired) electrons. The lowest BCUT2D eigenvalue weighted by atomic mass is 10.1. The van der Waals surface area contributed by atoms with Gasteiger partial charge in [0.25, 0.3) is 5.91 Å². The molecule has 2 N–H and O–H groups in total. The van der Waals surface area contributed by atoms with Gasteiger partial charge in [0.15, 0.2) is 5.76 Å². The summed E-state index contributed by atoms with van der Waals surface area (Å²) < 4.78 is 5.90. The van der Waals surface area contributed by atoms with Crippen LogP contribution in [0, 0.1) is 6.92 Å². The predicted octanol–water partition coefficient (Wildman–Crippen LogP) is 3.66. The molecule has 122 valence electrons. The van der Waals surface area contributed by atoms with Crippen LogP contribution in [0.15, 0.2) is 40.8 Å². The van der Waals surface area contributed by atoms with Crippen molar-refractivity contribution in [3.63, 3.8) is 0 Å². The fourth-order valence-electron chi connectivity index (χ4n) is 2.69. The van der Waals surface area contributed by atoms with Gasteiger partial charge in [-0.1, -0.05) is 43.3 Å². The van der Waals surface area contributed by atoms with Crippen LogP contribution < -0.4 is 10.6 Å². The van der Waals surface area contributed by atoms with Gasteiger partial charge >= 0.3 is 0 Å². The second kappa shape index (κ2) is 7.49. The van der Waals surface area contributed by atoms with Crippen molar-refractivity contribution < 1.29 is 9.21 Å². The van der Waals surface area contributed by atoms with E-state index in [2.05, 4.69) is 16.7 Å². The molecule has 0 aliphatic carbocycles. The highest BCUT2D eigenvalue weighted by Gasteiger charge is 2.18. The lowest BCUT2D eigenvalue weighted by Gasteiger charge is -2.03. The molecule has 0 aliphatic heterocycles. The fraction of sp³-hybridized carbons (Fsp3) is 0.278. The van der Waals surface area contributed by atoms with Crippen LogP contribution in [0.2, 0.25) is 0 Å². The first-order valence-electron chi connectivity index (χ1n) is 7.62. The molecule has 0 bridgehead atoms. The smallest absolute Gasteiger partial charge is 0.287 e. The van der Waals surface area contributed by atoms with Crippen LogP contribution in [0.5, 0.6) is 0 Å². The summed E-state index contributed by atoms with van der Waals surface area (Å²) in [5.74, 6) is 0.249. The Hall–Kier alpha value is -2.04. The number of furan rings is 1.